The molecule has 0 aliphatic heterocycles. The Kier molecular flexibility index (Phi) is 4.07. The van der Waals surface area contributed by atoms with Crippen molar-refractivity contribution in [2.24, 2.45) is 0 Å². The number of hydrogen-bond acceptors (Lipinski definition) is 2. The van der Waals surface area contributed by atoms with E-state index in [9.17, 15) is 4.79 Å². The summed E-state index contributed by atoms with van der Waals surface area (Å²) in [5, 5.41) is 2.93. The number of hydrogen-bond donors (Lipinski definition) is 1. The van der Waals surface area contributed by atoms with E-state index in [1.54, 1.807) is 12.4 Å². The Balaban J connectivity index is 1.93. The van der Waals surface area contributed by atoms with Crippen molar-refractivity contribution in [3.8, 4) is 0 Å². The van der Waals surface area contributed by atoms with Crippen molar-refractivity contribution in [2.75, 3.05) is 0 Å². The second-order valence-corrected chi connectivity index (χ2v) is 4.21. The van der Waals surface area contributed by atoms with Crippen molar-refractivity contribution in [2.45, 2.75) is 19.4 Å². The van der Waals surface area contributed by atoms with E-state index >= 15 is 0 Å². The lowest BCUT2D eigenvalue weighted by Gasteiger charge is -2.12. The molecule has 92 valence electrons. The lowest BCUT2D eigenvalue weighted by molar-refractivity contribution is -0.122. The summed E-state index contributed by atoms with van der Waals surface area (Å²) in [6.45, 7) is 2.45. The average Bonchev–Trinajstić information content (AvgIpc) is 2.46. The molecule has 0 radical (unpaired) electrons. The van der Waals surface area contributed by atoms with Crippen molar-refractivity contribution < 1.29 is 4.79 Å². The molecular weight excluding hydrogens is 224 g/mol. The van der Waals surface area contributed by atoms with Crippen molar-refractivity contribution in [1.82, 2.24) is 10.3 Å². The Labute approximate surface area is 107 Å². The Bertz CT molecular complexity index is 496. The summed E-state index contributed by atoms with van der Waals surface area (Å²) in [4.78, 5) is 15.9. The lowest BCUT2D eigenvalue weighted by Crippen LogP contribution is -2.27. The third kappa shape index (κ3) is 3.17. The van der Waals surface area contributed by atoms with Crippen LogP contribution in [0.2, 0.25) is 0 Å². The molecular formula is C15H16N2O. The van der Waals surface area contributed by atoms with E-state index in [1.807, 2.05) is 49.4 Å². The fourth-order valence-corrected chi connectivity index (χ4v) is 1.74. The summed E-state index contributed by atoms with van der Waals surface area (Å²) >= 11 is 0. The highest BCUT2D eigenvalue weighted by atomic mass is 16.1. The number of carbonyl (C=O) groups excluding carboxylic acids is 1. The number of benzene rings is 1. The molecule has 1 amide bonds. The van der Waals surface area contributed by atoms with Crippen LogP contribution in [0.15, 0.2) is 54.9 Å². The third-order valence-electron chi connectivity index (χ3n) is 2.91. The Morgan fingerprint density at radius 2 is 1.83 bits per heavy atom. The third-order valence-corrected chi connectivity index (χ3v) is 2.91. The summed E-state index contributed by atoms with van der Waals surface area (Å²) in [6, 6.07) is 13.6. The van der Waals surface area contributed by atoms with Gasteiger partial charge in [-0.2, -0.15) is 0 Å². The molecule has 0 fully saturated rings. The lowest BCUT2D eigenvalue weighted by atomic mass is 10.0. The molecule has 0 aliphatic carbocycles. The van der Waals surface area contributed by atoms with Crippen LogP contribution >= 0.6 is 0 Å². The Hall–Kier alpha value is -2.16. The molecule has 18 heavy (non-hydrogen) atoms. The molecule has 1 aromatic heterocycles. The van der Waals surface area contributed by atoms with E-state index in [0.29, 0.717) is 6.54 Å². The van der Waals surface area contributed by atoms with E-state index in [4.69, 9.17) is 0 Å². The molecule has 0 saturated heterocycles. The summed E-state index contributed by atoms with van der Waals surface area (Å²) in [7, 11) is 0. The molecule has 1 N–H and O–H groups in total. The van der Waals surface area contributed by atoms with Crippen molar-refractivity contribution >= 4 is 5.91 Å². The van der Waals surface area contributed by atoms with E-state index in [-0.39, 0.29) is 11.8 Å². The quantitative estimate of drug-likeness (QED) is 0.892. The number of nitrogens with one attached hydrogen (secondary N) is 1. The topological polar surface area (TPSA) is 42.0 Å². The molecule has 0 aliphatic rings. The van der Waals surface area contributed by atoms with Crippen LogP contribution < -0.4 is 5.32 Å². The van der Waals surface area contributed by atoms with E-state index in [2.05, 4.69) is 10.3 Å². The highest BCUT2D eigenvalue weighted by molar-refractivity contribution is 5.83. The highest BCUT2D eigenvalue weighted by Gasteiger charge is 2.13. The molecule has 2 aromatic rings. The molecule has 3 heteroatoms. The minimum absolute atomic E-state index is 0.0398. The molecule has 0 spiro atoms. The number of nitrogens with zero attached hydrogens (tertiary/aromatic N) is 1. The largest absolute Gasteiger partial charge is 0.352 e. The van der Waals surface area contributed by atoms with Crippen LogP contribution in [0.5, 0.6) is 0 Å². The standard InChI is InChI=1S/C15H16N2O/c1-12(14-5-3-2-4-6-14)15(18)17-11-13-7-9-16-10-8-13/h2-10,12H,11H2,1H3,(H,17,18)/t12-/m0/s1. The van der Waals surface area contributed by atoms with Gasteiger partial charge in [-0.05, 0) is 30.2 Å². The predicted molar refractivity (Wildman–Crippen MR) is 70.9 cm³/mol. The van der Waals surface area contributed by atoms with Gasteiger partial charge in [0.2, 0.25) is 5.91 Å². The van der Waals surface area contributed by atoms with Crippen LogP contribution in [0, 0.1) is 0 Å². The molecule has 1 aromatic carbocycles. The van der Waals surface area contributed by atoms with E-state index < -0.39 is 0 Å². The van der Waals surface area contributed by atoms with Gasteiger partial charge >= 0.3 is 0 Å². The monoisotopic (exact) mass is 240 g/mol. The first-order chi connectivity index (χ1) is 8.77. The first kappa shape index (κ1) is 12.3. The van der Waals surface area contributed by atoms with Gasteiger partial charge in [0.15, 0.2) is 0 Å². The molecule has 0 unspecified atom stereocenters. The smallest absolute Gasteiger partial charge is 0.227 e. The van der Waals surface area contributed by atoms with E-state index in [1.165, 1.54) is 0 Å². The van der Waals surface area contributed by atoms with Gasteiger partial charge in [-0.3, -0.25) is 9.78 Å². The number of amides is 1. The van der Waals surface area contributed by atoms with Gasteiger partial charge in [0.25, 0.3) is 0 Å². The Morgan fingerprint density at radius 1 is 1.17 bits per heavy atom. The number of rotatable bonds is 4. The van der Waals surface area contributed by atoms with Crippen LogP contribution in [0.3, 0.4) is 0 Å². The van der Waals surface area contributed by atoms with Gasteiger partial charge in [-0.25, -0.2) is 0 Å². The minimum Gasteiger partial charge on any atom is -0.352 e. The first-order valence-corrected chi connectivity index (χ1v) is 5.99. The second-order valence-electron chi connectivity index (χ2n) is 4.21. The average molecular weight is 240 g/mol. The van der Waals surface area contributed by atoms with Gasteiger partial charge in [-0.15, -0.1) is 0 Å². The zero-order valence-corrected chi connectivity index (χ0v) is 10.3. The number of carbonyl (C=O) groups is 1. The molecule has 3 nitrogen and oxygen atoms in total. The fourth-order valence-electron chi connectivity index (χ4n) is 1.74. The summed E-state index contributed by atoms with van der Waals surface area (Å²) in [5.41, 5.74) is 2.09. The number of pyridine rings is 1. The van der Waals surface area contributed by atoms with Crippen molar-refractivity contribution in [3.63, 3.8) is 0 Å². The van der Waals surface area contributed by atoms with Gasteiger partial charge < -0.3 is 5.32 Å². The molecule has 0 saturated carbocycles. The zero-order valence-electron chi connectivity index (χ0n) is 10.3. The minimum atomic E-state index is -0.131. The molecule has 0 bridgehead atoms. The fraction of sp³-hybridized carbons (Fsp3) is 0.200. The van der Waals surface area contributed by atoms with Crippen LogP contribution in [-0.4, -0.2) is 10.9 Å². The predicted octanol–water partition coefficient (Wildman–Crippen LogP) is 2.50. The van der Waals surface area contributed by atoms with Crippen LogP contribution in [0.25, 0.3) is 0 Å². The van der Waals surface area contributed by atoms with Gasteiger partial charge in [0, 0.05) is 18.9 Å². The highest BCUT2D eigenvalue weighted by Crippen LogP contribution is 2.14. The summed E-state index contributed by atoms with van der Waals surface area (Å²) < 4.78 is 0. The maximum atomic E-state index is 12.0. The van der Waals surface area contributed by atoms with Crippen LogP contribution in [-0.2, 0) is 11.3 Å². The van der Waals surface area contributed by atoms with Crippen LogP contribution in [0.1, 0.15) is 24.0 Å². The Morgan fingerprint density at radius 3 is 2.50 bits per heavy atom. The maximum absolute atomic E-state index is 12.0. The normalized spacial score (nSPS) is 11.8. The molecule has 1 heterocycles. The van der Waals surface area contributed by atoms with Crippen molar-refractivity contribution in [1.29, 1.82) is 0 Å². The zero-order chi connectivity index (χ0) is 12.8. The summed E-state index contributed by atoms with van der Waals surface area (Å²) in [6.07, 6.45) is 3.45. The SMILES string of the molecule is C[C@H](C(=O)NCc1ccncc1)c1ccccc1. The first-order valence-electron chi connectivity index (χ1n) is 5.99. The number of aromatic nitrogens is 1. The molecule has 1 atom stereocenters. The van der Waals surface area contributed by atoms with Gasteiger partial charge in [-0.1, -0.05) is 30.3 Å². The maximum Gasteiger partial charge on any atom is 0.227 e. The van der Waals surface area contributed by atoms with Crippen molar-refractivity contribution in [3.05, 3.63) is 66.0 Å². The molecule has 2 rings (SSSR count). The summed E-state index contributed by atoms with van der Waals surface area (Å²) in [5.74, 6) is -0.0916. The van der Waals surface area contributed by atoms with Crippen LogP contribution in [0.4, 0.5) is 0 Å². The van der Waals surface area contributed by atoms with Gasteiger partial charge in [0.1, 0.15) is 0 Å². The van der Waals surface area contributed by atoms with Gasteiger partial charge in [0.05, 0.1) is 5.92 Å². The van der Waals surface area contributed by atoms with E-state index in [0.717, 1.165) is 11.1 Å². The second kappa shape index (κ2) is 5.96.